The van der Waals surface area contributed by atoms with E-state index in [1.807, 2.05) is 0 Å². The molecule has 0 atom stereocenters. The normalized spacial score (nSPS) is 14.8. The molecule has 1 saturated heterocycles. The highest BCUT2D eigenvalue weighted by Crippen LogP contribution is 2.37. The lowest BCUT2D eigenvalue weighted by molar-refractivity contribution is -0.143. The second-order valence-corrected chi connectivity index (χ2v) is 7.77. The van der Waals surface area contributed by atoms with Crippen LogP contribution in [0.1, 0.15) is 39.9 Å². The van der Waals surface area contributed by atoms with Crippen molar-refractivity contribution in [2.45, 2.75) is 32.1 Å². The number of alkyl halides is 6. The minimum atomic E-state index is -5.10. The van der Waals surface area contributed by atoms with Crippen LogP contribution < -0.4 is 4.90 Å². The van der Waals surface area contributed by atoms with E-state index >= 15 is 0 Å². The maximum atomic E-state index is 13.2. The first kappa shape index (κ1) is 23.9. The minimum Gasteiger partial charge on any atom is -0.324 e. The van der Waals surface area contributed by atoms with Crippen LogP contribution in [-0.4, -0.2) is 29.9 Å². The van der Waals surface area contributed by atoms with Crippen LogP contribution in [0.15, 0.2) is 36.4 Å². The number of anilines is 1. The van der Waals surface area contributed by atoms with Crippen molar-refractivity contribution in [1.29, 1.82) is 0 Å². The summed E-state index contributed by atoms with van der Waals surface area (Å²) in [6.45, 7) is 1.65. The molecule has 0 bridgehead atoms. The molecule has 32 heavy (non-hydrogen) atoms. The fourth-order valence-electron chi connectivity index (χ4n) is 3.27. The molecule has 2 amide bonds. The summed E-state index contributed by atoms with van der Waals surface area (Å²) >= 11 is 6.11. The summed E-state index contributed by atoms with van der Waals surface area (Å²) < 4.78 is 79.4. The molecule has 1 heterocycles. The molecule has 2 aromatic carbocycles. The number of benzene rings is 2. The van der Waals surface area contributed by atoms with Gasteiger partial charge in [0.25, 0.3) is 5.91 Å². The third-order valence-corrected chi connectivity index (χ3v) is 5.44. The summed E-state index contributed by atoms with van der Waals surface area (Å²) in [6, 6.07) is 5.06. The Morgan fingerprint density at radius 1 is 1.03 bits per heavy atom. The fraction of sp³-hybridized carbons (Fsp3) is 0.333. The first-order valence-electron chi connectivity index (χ1n) is 9.42. The molecule has 0 N–H and O–H groups in total. The van der Waals surface area contributed by atoms with Crippen LogP contribution in [0.2, 0.25) is 5.02 Å². The lowest BCUT2D eigenvalue weighted by atomic mass is 10.0. The molecule has 11 heteroatoms. The summed E-state index contributed by atoms with van der Waals surface area (Å²) in [4.78, 5) is 27.5. The Hall–Kier alpha value is -2.75. The van der Waals surface area contributed by atoms with Crippen LogP contribution in [0.5, 0.6) is 0 Å². The first-order chi connectivity index (χ1) is 14.8. The predicted octanol–water partition coefficient (Wildman–Crippen LogP) is 5.91. The summed E-state index contributed by atoms with van der Waals surface area (Å²) in [7, 11) is 0. The standard InChI is InChI=1S/C21H17ClF6N2O2/c1-12-4-5-16(10-17(12)22)30(11-29-6-2-3-18(29)31)19(32)13-7-14(20(23,24)25)9-15(8-13)21(26,27)28/h4-5,7-10H,2-3,6,11H2,1H3. The second kappa shape index (κ2) is 8.65. The zero-order valence-corrected chi connectivity index (χ0v) is 17.4. The quantitative estimate of drug-likeness (QED) is 0.512. The number of hydrogen-bond donors (Lipinski definition) is 0. The van der Waals surface area contributed by atoms with Gasteiger partial charge in [-0.2, -0.15) is 26.3 Å². The third kappa shape index (κ3) is 5.17. The molecule has 0 radical (unpaired) electrons. The van der Waals surface area contributed by atoms with Gasteiger partial charge in [0.2, 0.25) is 5.91 Å². The number of likely N-dealkylation sites (tertiary alicyclic amines) is 1. The minimum absolute atomic E-state index is 0.0478. The van der Waals surface area contributed by atoms with Gasteiger partial charge in [0.05, 0.1) is 11.1 Å². The number of amides is 2. The maximum Gasteiger partial charge on any atom is 0.416 e. The molecule has 1 fully saturated rings. The highest BCUT2D eigenvalue weighted by Gasteiger charge is 2.38. The SMILES string of the molecule is Cc1ccc(N(CN2CCCC2=O)C(=O)c2cc(C(F)(F)F)cc(C(F)(F)F)c2)cc1Cl. The molecule has 0 aromatic heterocycles. The molecule has 0 saturated carbocycles. The Kier molecular flexibility index (Phi) is 6.46. The van der Waals surface area contributed by atoms with E-state index in [-0.39, 0.29) is 35.8 Å². The van der Waals surface area contributed by atoms with Gasteiger partial charge in [-0.1, -0.05) is 17.7 Å². The predicted molar refractivity (Wildman–Crippen MR) is 105 cm³/mol. The molecular formula is C21H17ClF6N2O2. The molecule has 1 aliphatic rings. The largest absolute Gasteiger partial charge is 0.416 e. The van der Waals surface area contributed by atoms with Crippen LogP contribution in [0.4, 0.5) is 32.0 Å². The summed E-state index contributed by atoms with van der Waals surface area (Å²) in [5.74, 6) is -1.40. The van der Waals surface area contributed by atoms with Gasteiger partial charge in [0.15, 0.2) is 0 Å². The van der Waals surface area contributed by atoms with E-state index in [0.29, 0.717) is 30.7 Å². The second-order valence-electron chi connectivity index (χ2n) is 7.36. The molecule has 172 valence electrons. The number of nitrogens with zero attached hydrogens (tertiary/aromatic N) is 2. The molecule has 3 rings (SSSR count). The average molecular weight is 479 g/mol. The fourth-order valence-corrected chi connectivity index (χ4v) is 3.45. The number of carbonyl (C=O) groups is 2. The zero-order valence-electron chi connectivity index (χ0n) is 16.6. The van der Waals surface area contributed by atoms with Crippen molar-refractivity contribution in [3.05, 3.63) is 63.7 Å². The van der Waals surface area contributed by atoms with Crippen molar-refractivity contribution >= 4 is 29.1 Å². The average Bonchev–Trinajstić information content (AvgIpc) is 3.10. The summed E-state index contributed by atoms with van der Waals surface area (Å²) in [5.41, 5.74) is -3.23. The third-order valence-electron chi connectivity index (χ3n) is 5.03. The number of carbonyl (C=O) groups excluding carboxylic acids is 2. The molecular weight excluding hydrogens is 462 g/mol. The van der Waals surface area contributed by atoms with Crippen LogP contribution in [0.25, 0.3) is 0 Å². The van der Waals surface area contributed by atoms with Crippen molar-refractivity contribution in [1.82, 2.24) is 4.90 Å². The maximum absolute atomic E-state index is 13.2. The van der Waals surface area contributed by atoms with Gasteiger partial charge in [-0.05, 0) is 49.2 Å². The van der Waals surface area contributed by atoms with E-state index < -0.39 is 35.0 Å². The van der Waals surface area contributed by atoms with Crippen molar-refractivity contribution in [3.8, 4) is 0 Å². The number of halogens is 7. The topological polar surface area (TPSA) is 40.6 Å². The Balaban J connectivity index is 2.11. The smallest absolute Gasteiger partial charge is 0.324 e. The summed E-state index contributed by atoms with van der Waals surface area (Å²) in [6.07, 6.45) is -9.44. The van der Waals surface area contributed by atoms with Gasteiger partial charge < -0.3 is 4.90 Å². The summed E-state index contributed by atoms with van der Waals surface area (Å²) in [5, 5.41) is 0.244. The van der Waals surface area contributed by atoms with Crippen molar-refractivity contribution in [2.75, 3.05) is 18.1 Å². The molecule has 0 spiro atoms. The Bertz CT molecular complexity index is 1020. The Morgan fingerprint density at radius 2 is 1.62 bits per heavy atom. The molecule has 1 aliphatic heterocycles. The molecule has 2 aromatic rings. The van der Waals surface area contributed by atoms with Crippen LogP contribution in [-0.2, 0) is 17.1 Å². The van der Waals surface area contributed by atoms with Crippen LogP contribution in [0, 0.1) is 6.92 Å². The molecule has 0 unspecified atom stereocenters. The van der Waals surface area contributed by atoms with Gasteiger partial charge >= 0.3 is 12.4 Å². The van der Waals surface area contributed by atoms with Crippen LogP contribution >= 0.6 is 11.6 Å². The lowest BCUT2D eigenvalue weighted by Crippen LogP contribution is -2.42. The Labute approximate surface area is 184 Å². The number of hydrogen-bond acceptors (Lipinski definition) is 2. The first-order valence-corrected chi connectivity index (χ1v) is 9.80. The lowest BCUT2D eigenvalue weighted by Gasteiger charge is -2.29. The van der Waals surface area contributed by atoms with Gasteiger partial charge in [0, 0.05) is 29.2 Å². The monoisotopic (exact) mass is 478 g/mol. The Morgan fingerprint density at radius 3 is 2.09 bits per heavy atom. The molecule has 0 aliphatic carbocycles. The van der Waals surface area contributed by atoms with Gasteiger partial charge in [-0.3, -0.25) is 14.5 Å². The van der Waals surface area contributed by atoms with E-state index in [0.717, 1.165) is 4.90 Å². The van der Waals surface area contributed by atoms with Gasteiger partial charge in [-0.25, -0.2) is 0 Å². The van der Waals surface area contributed by atoms with Crippen molar-refractivity contribution in [2.24, 2.45) is 0 Å². The number of aryl methyl sites for hydroxylation is 1. The van der Waals surface area contributed by atoms with E-state index in [1.54, 1.807) is 13.0 Å². The van der Waals surface area contributed by atoms with Crippen molar-refractivity contribution < 1.29 is 35.9 Å². The van der Waals surface area contributed by atoms with Crippen molar-refractivity contribution in [3.63, 3.8) is 0 Å². The van der Waals surface area contributed by atoms with Gasteiger partial charge in [-0.15, -0.1) is 0 Å². The van der Waals surface area contributed by atoms with E-state index in [1.165, 1.54) is 17.0 Å². The number of rotatable bonds is 4. The van der Waals surface area contributed by atoms with Gasteiger partial charge in [0.1, 0.15) is 6.67 Å². The molecule has 4 nitrogen and oxygen atoms in total. The van der Waals surface area contributed by atoms with Crippen LogP contribution in [0.3, 0.4) is 0 Å². The zero-order chi connectivity index (χ0) is 23.8. The van der Waals surface area contributed by atoms with E-state index in [9.17, 15) is 35.9 Å². The van der Waals surface area contributed by atoms with E-state index in [2.05, 4.69) is 0 Å². The highest BCUT2D eigenvalue weighted by atomic mass is 35.5. The van der Waals surface area contributed by atoms with E-state index in [4.69, 9.17) is 11.6 Å². The highest BCUT2D eigenvalue weighted by molar-refractivity contribution is 6.31.